The molecule has 0 saturated carbocycles. The van der Waals surface area contributed by atoms with Crippen LogP contribution in [0.3, 0.4) is 0 Å². The molecule has 1 aromatic rings. The zero-order valence-corrected chi connectivity index (χ0v) is 11.5. The third-order valence-corrected chi connectivity index (χ3v) is 3.46. The number of ether oxygens (including phenoxy) is 1. The van der Waals surface area contributed by atoms with Crippen LogP contribution in [0.5, 0.6) is 0 Å². The number of methoxy groups -OCH3 is 1. The second kappa shape index (κ2) is 5.18. The van der Waals surface area contributed by atoms with E-state index in [2.05, 4.69) is 33.5 Å². The molecule has 1 atom stereocenters. The molecular weight excluding hydrogens is 236 g/mol. The van der Waals surface area contributed by atoms with Gasteiger partial charge in [0.15, 0.2) is 4.77 Å². The van der Waals surface area contributed by atoms with Crippen molar-refractivity contribution in [1.29, 1.82) is 0 Å². The summed E-state index contributed by atoms with van der Waals surface area (Å²) in [4.78, 5) is 2.29. The quantitative estimate of drug-likeness (QED) is 0.837. The van der Waals surface area contributed by atoms with Gasteiger partial charge in [0, 0.05) is 32.2 Å². The molecule has 2 heterocycles. The molecule has 17 heavy (non-hydrogen) atoms. The van der Waals surface area contributed by atoms with Crippen LogP contribution in [0.2, 0.25) is 0 Å². The first-order valence-electron chi connectivity index (χ1n) is 6.04. The van der Waals surface area contributed by atoms with Gasteiger partial charge in [0.05, 0.1) is 6.61 Å². The van der Waals surface area contributed by atoms with Crippen LogP contribution in [0.25, 0.3) is 0 Å². The molecule has 0 amide bonds. The Kier molecular flexibility index (Phi) is 3.83. The van der Waals surface area contributed by atoms with Gasteiger partial charge in [-0.2, -0.15) is 0 Å². The van der Waals surface area contributed by atoms with Crippen LogP contribution in [-0.4, -0.2) is 41.6 Å². The minimum absolute atomic E-state index is 0.331. The predicted octanol–water partition coefficient (Wildman–Crippen LogP) is 1.99. The van der Waals surface area contributed by atoms with E-state index in [1.165, 1.54) is 0 Å². The highest BCUT2D eigenvalue weighted by atomic mass is 32.1. The number of rotatable bonds is 4. The predicted molar refractivity (Wildman–Crippen MR) is 70.0 cm³/mol. The maximum absolute atomic E-state index is 5.26. The molecule has 2 rings (SSSR count). The van der Waals surface area contributed by atoms with Crippen molar-refractivity contribution in [3.63, 3.8) is 0 Å². The average molecular weight is 256 g/mol. The van der Waals surface area contributed by atoms with Crippen LogP contribution in [0.15, 0.2) is 0 Å². The molecule has 6 heteroatoms. The highest BCUT2D eigenvalue weighted by Gasteiger charge is 2.26. The molecule has 0 bridgehead atoms. The van der Waals surface area contributed by atoms with Gasteiger partial charge in [0.2, 0.25) is 5.95 Å². The fourth-order valence-corrected chi connectivity index (χ4v) is 2.71. The van der Waals surface area contributed by atoms with Crippen molar-refractivity contribution in [2.24, 2.45) is 5.92 Å². The summed E-state index contributed by atoms with van der Waals surface area (Å²) in [5.74, 6) is 1.56. The zero-order chi connectivity index (χ0) is 12.4. The number of aromatic nitrogens is 3. The van der Waals surface area contributed by atoms with E-state index in [9.17, 15) is 0 Å². The average Bonchev–Trinajstić information content (AvgIpc) is 2.84. The van der Waals surface area contributed by atoms with Crippen molar-refractivity contribution in [2.75, 3.05) is 31.7 Å². The highest BCUT2D eigenvalue weighted by molar-refractivity contribution is 7.71. The van der Waals surface area contributed by atoms with Gasteiger partial charge in [-0.25, -0.2) is 5.10 Å². The van der Waals surface area contributed by atoms with Crippen LogP contribution in [0, 0.1) is 10.7 Å². The summed E-state index contributed by atoms with van der Waals surface area (Å²) in [6.45, 7) is 7.10. The van der Waals surface area contributed by atoms with Crippen LogP contribution < -0.4 is 4.90 Å². The Morgan fingerprint density at radius 2 is 2.35 bits per heavy atom. The Labute approximate surface area is 107 Å². The van der Waals surface area contributed by atoms with Gasteiger partial charge in [-0.3, -0.25) is 4.57 Å². The van der Waals surface area contributed by atoms with Gasteiger partial charge in [-0.05, 0) is 32.5 Å². The maximum Gasteiger partial charge on any atom is 0.225 e. The number of hydrogen-bond donors (Lipinski definition) is 1. The topological polar surface area (TPSA) is 46.1 Å². The van der Waals surface area contributed by atoms with E-state index in [1.54, 1.807) is 7.11 Å². The summed E-state index contributed by atoms with van der Waals surface area (Å²) in [7, 11) is 1.76. The molecule has 1 saturated heterocycles. The highest BCUT2D eigenvalue weighted by Crippen LogP contribution is 2.24. The standard InChI is InChI=1S/C11H20N4OS/c1-8(2)15-10(12-13-11(15)17)14-5-4-9(6-14)7-16-3/h8-9H,4-7H2,1-3H3,(H,13,17). The summed E-state index contributed by atoms with van der Waals surface area (Å²) < 4.78 is 7.98. The molecule has 1 fully saturated rings. The molecular formula is C11H20N4OS. The van der Waals surface area contributed by atoms with Gasteiger partial charge < -0.3 is 9.64 Å². The van der Waals surface area contributed by atoms with E-state index in [0.717, 1.165) is 32.1 Å². The number of anilines is 1. The SMILES string of the molecule is COCC1CCN(c2n[nH]c(=S)n2C(C)C)C1. The second-order valence-corrected chi connectivity index (χ2v) is 5.24. The Bertz CT molecular complexity index is 425. The normalized spacial score (nSPS) is 20.5. The van der Waals surface area contributed by atoms with E-state index in [-0.39, 0.29) is 0 Å². The van der Waals surface area contributed by atoms with Gasteiger partial charge in [-0.15, -0.1) is 5.10 Å². The Morgan fingerprint density at radius 1 is 1.59 bits per heavy atom. The molecule has 0 radical (unpaired) electrons. The summed E-state index contributed by atoms with van der Waals surface area (Å²) >= 11 is 5.26. The molecule has 96 valence electrons. The zero-order valence-electron chi connectivity index (χ0n) is 10.6. The Balaban J connectivity index is 2.16. The van der Waals surface area contributed by atoms with Crippen molar-refractivity contribution in [1.82, 2.24) is 14.8 Å². The molecule has 1 aliphatic heterocycles. The van der Waals surface area contributed by atoms with Crippen LogP contribution in [-0.2, 0) is 4.74 Å². The van der Waals surface area contributed by atoms with Crippen molar-refractivity contribution in [3.05, 3.63) is 4.77 Å². The van der Waals surface area contributed by atoms with Crippen molar-refractivity contribution in [3.8, 4) is 0 Å². The van der Waals surface area contributed by atoms with Gasteiger partial charge >= 0.3 is 0 Å². The number of aromatic amines is 1. The first-order chi connectivity index (χ1) is 8.13. The third kappa shape index (κ3) is 2.52. The molecule has 1 unspecified atom stereocenters. The molecule has 0 aromatic carbocycles. The Hall–Kier alpha value is -0.880. The van der Waals surface area contributed by atoms with Gasteiger partial charge in [0.1, 0.15) is 0 Å². The number of H-pyrrole nitrogens is 1. The van der Waals surface area contributed by atoms with E-state index in [1.807, 2.05) is 0 Å². The van der Waals surface area contributed by atoms with Crippen LogP contribution >= 0.6 is 12.2 Å². The number of hydrogen-bond acceptors (Lipinski definition) is 4. The summed E-state index contributed by atoms with van der Waals surface area (Å²) in [6, 6.07) is 0.331. The maximum atomic E-state index is 5.26. The largest absolute Gasteiger partial charge is 0.384 e. The Morgan fingerprint density at radius 3 is 3.00 bits per heavy atom. The summed E-state index contributed by atoms with van der Waals surface area (Å²) in [5, 5.41) is 7.23. The van der Waals surface area contributed by atoms with Crippen molar-refractivity contribution < 1.29 is 4.74 Å². The molecule has 1 N–H and O–H groups in total. The minimum Gasteiger partial charge on any atom is -0.384 e. The molecule has 0 spiro atoms. The number of nitrogens with one attached hydrogen (secondary N) is 1. The van der Waals surface area contributed by atoms with Crippen molar-refractivity contribution >= 4 is 18.2 Å². The lowest BCUT2D eigenvalue weighted by Gasteiger charge is -2.20. The number of nitrogens with zero attached hydrogens (tertiary/aromatic N) is 3. The molecule has 5 nitrogen and oxygen atoms in total. The fraction of sp³-hybridized carbons (Fsp3) is 0.818. The van der Waals surface area contributed by atoms with Gasteiger partial charge in [0.25, 0.3) is 0 Å². The monoisotopic (exact) mass is 256 g/mol. The first-order valence-corrected chi connectivity index (χ1v) is 6.45. The lowest BCUT2D eigenvalue weighted by molar-refractivity contribution is 0.160. The van der Waals surface area contributed by atoms with Crippen LogP contribution in [0.4, 0.5) is 5.95 Å². The molecule has 1 aliphatic rings. The van der Waals surface area contributed by atoms with Crippen LogP contribution in [0.1, 0.15) is 26.3 Å². The van der Waals surface area contributed by atoms with E-state index < -0.39 is 0 Å². The third-order valence-electron chi connectivity index (χ3n) is 3.17. The summed E-state index contributed by atoms with van der Waals surface area (Å²) in [6.07, 6.45) is 1.16. The van der Waals surface area contributed by atoms with Gasteiger partial charge in [-0.1, -0.05) is 0 Å². The van der Waals surface area contributed by atoms with E-state index >= 15 is 0 Å². The smallest absolute Gasteiger partial charge is 0.225 e. The minimum atomic E-state index is 0.331. The molecule has 0 aliphatic carbocycles. The first kappa shape index (κ1) is 12.6. The van der Waals surface area contributed by atoms with E-state index in [4.69, 9.17) is 17.0 Å². The van der Waals surface area contributed by atoms with E-state index in [0.29, 0.717) is 16.7 Å². The second-order valence-electron chi connectivity index (χ2n) is 4.85. The van der Waals surface area contributed by atoms with Crippen molar-refractivity contribution in [2.45, 2.75) is 26.3 Å². The molecule has 1 aromatic heterocycles. The fourth-order valence-electron chi connectivity index (χ4n) is 2.37. The summed E-state index contributed by atoms with van der Waals surface area (Å²) in [5.41, 5.74) is 0. The lowest BCUT2D eigenvalue weighted by atomic mass is 10.1. The lowest BCUT2D eigenvalue weighted by Crippen LogP contribution is -2.25.